The smallest absolute Gasteiger partial charge is 0.243 e. The van der Waals surface area contributed by atoms with Gasteiger partial charge in [0.2, 0.25) is 15.9 Å². The van der Waals surface area contributed by atoms with Gasteiger partial charge >= 0.3 is 0 Å². The van der Waals surface area contributed by atoms with Crippen LogP contribution in [-0.4, -0.2) is 64.5 Å². The van der Waals surface area contributed by atoms with Crippen LogP contribution in [0.1, 0.15) is 59.8 Å². The number of aromatic nitrogens is 2. The van der Waals surface area contributed by atoms with Gasteiger partial charge in [-0.15, -0.1) is 0 Å². The molecule has 0 radical (unpaired) electrons. The third kappa shape index (κ3) is 5.15. The number of fused-ring (bicyclic) bond motifs is 1. The van der Waals surface area contributed by atoms with E-state index < -0.39 is 10.0 Å². The van der Waals surface area contributed by atoms with Crippen molar-refractivity contribution in [3.63, 3.8) is 0 Å². The number of benzene rings is 1. The maximum absolute atomic E-state index is 13.0. The fourth-order valence-electron chi connectivity index (χ4n) is 4.62. The van der Waals surface area contributed by atoms with Crippen LogP contribution in [0, 0.1) is 0 Å². The monoisotopic (exact) mass is 480 g/mol. The van der Waals surface area contributed by atoms with E-state index in [0.29, 0.717) is 36.9 Å². The number of imidazole rings is 1. The molecule has 1 heterocycles. The van der Waals surface area contributed by atoms with Crippen molar-refractivity contribution >= 4 is 38.7 Å². The van der Waals surface area contributed by atoms with Crippen molar-refractivity contribution in [3.05, 3.63) is 18.2 Å². The summed E-state index contributed by atoms with van der Waals surface area (Å²) in [5, 5.41) is 0.757. The van der Waals surface area contributed by atoms with Crippen LogP contribution < -0.4 is 0 Å². The zero-order valence-corrected chi connectivity index (χ0v) is 21.3. The molecule has 1 aromatic carbocycles. The molecule has 0 spiro atoms. The molecule has 1 amide bonds. The van der Waals surface area contributed by atoms with E-state index in [4.69, 9.17) is 4.98 Å². The first-order chi connectivity index (χ1) is 15.4. The molecule has 32 heavy (non-hydrogen) atoms. The number of hydrogen-bond acceptors (Lipinski definition) is 5. The molecule has 1 saturated carbocycles. The maximum atomic E-state index is 13.0. The van der Waals surface area contributed by atoms with E-state index in [2.05, 4.69) is 11.5 Å². The molecule has 0 N–H and O–H groups in total. The Kier molecular flexibility index (Phi) is 8.63. The van der Waals surface area contributed by atoms with Crippen molar-refractivity contribution in [1.29, 1.82) is 0 Å². The zero-order chi connectivity index (χ0) is 23.3. The minimum absolute atomic E-state index is 0.156. The zero-order valence-electron chi connectivity index (χ0n) is 19.7. The van der Waals surface area contributed by atoms with E-state index in [1.54, 1.807) is 12.1 Å². The van der Waals surface area contributed by atoms with Crippen LogP contribution in [0.3, 0.4) is 0 Å². The number of carbonyl (C=O) groups is 1. The van der Waals surface area contributed by atoms with Crippen molar-refractivity contribution in [3.8, 4) is 0 Å². The van der Waals surface area contributed by atoms with Crippen LogP contribution >= 0.6 is 11.8 Å². The summed E-state index contributed by atoms with van der Waals surface area (Å²) in [5.74, 6) is 0.502. The first-order valence-corrected chi connectivity index (χ1v) is 14.2. The molecule has 1 fully saturated rings. The molecule has 3 rings (SSSR count). The normalized spacial score (nSPS) is 15.5. The summed E-state index contributed by atoms with van der Waals surface area (Å²) in [6, 6.07) is 5.50. The molecule has 9 heteroatoms. The van der Waals surface area contributed by atoms with Crippen molar-refractivity contribution < 1.29 is 13.2 Å². The van der Waals surface area contributed by atoms with Crippen molar-refractivity contribution in [2.75, 3.05) is 25.4 Å². The first-order valence-electron chi connectivity index (χ1n) is 11.8. The number of hydrogen-bond donors (Lipinski definition) is 0. The topological polar surface area (TPSA) is 75.5 Å². The Bertz CT molecular complexity index is 1030. The number of amides is 1. The van der Waals surface area contributed by atoms with E-state index in [1.807, 2.05) is 31.7 Å². The second-order valence-corrected chi connectivity index (χ2v) is 11.0. The summed E-state index contributed by atoms with van der Waals surface area (Å²) in [7, 11) is -3.54. The average molecular weight is 481 g/mol. The summed E-state index contributed by atoms with van der Waals surface area (Å²) in [6.07, 6.45) is 5.87. The summed E-state index contributed by atoms with van der Waals surface area (Å²) < 4.78 is 29.3. The summed E-state index contributed by atoms with van der Waals surface area (Å²) in [6.45, 7) is 10.1. The summed E-state index contributed by atoms with van der Waals surface area (Å²) >= 11 is 1.44. The predicted octanol–water partition coefficient (Wildman–Crippen LogP) is 4.36. The van der Waals surface area contributed by atoms with Gasteiger partial charge in [0.25, 0.3) is 0 Å². The maximum Gasteiger partial charge on any atom is 0.243 e. The van der Waals surface area contributed by atoms with Gasteiger partial charge in [-0.1, -0.05) is 44.9 Å². The Labute approximate surface area is 196 Å². The second kappa shape index (κ2) is 11.0. The highest BCUT2D eigenvalue weighted by Crippen LogP contribution is 2.28. The van der Waals surface area contributed by atoms with Crippen LogP contribution in [0.4, 0.5) is 0 Å². The quantitative estimate of drug-likeness (QED) is 0.472. The molecule has 0 unspecified atom stereocenters. The molecule has 0 atom stereocenters. The molecular weight excluding hydrogens is 444 g/mol. The average Bonchev–Trinajstić information content (AvgIpc) is 3.16. The van der Waals surface area contributed by atoms with Gasteiger partial charge in [-0.2, -0.15) is 4.31 Å². The molecule has 0 aliphatic heterocycles. The van der Waals surface area contributed by atoms with Gasteiger partial charge in [-0.3, -0.25) is 4.79 Å². The molecule has 2 aromatic rings. The highest BCUT2D eigenvalue weighted by Gasteiger charge is 2.26. The first kappa shape index (κ1) is 25.1. The van der Waals surface area contributed by atoms with Crippen LogP contribution in [-0.2, 0) is 21.4 Å². The third-order valence-corrected chi connectivity index (χ3v) is 9.35. The van der Waals surface area contributed by atoms with E-state index in [1.165, 1.54) is 35.3 Å². The molecule has 1 aromatic heterocycles. The van der Waals surface area contributed by atoms with Gasteiger partial charge in [0.15, 0.2) is 5.16 Å². The van der Waals surface area contributed by atoms with Gasteiger partial charge in [0.1, 0.15) is 0 Å². The van der Waals surface area contributed by atoms with Gasteiger partial charge in [0, 0.05) is 32.2 Å². The number of nitrogens with zero attached hydrogens (tertiary/aromatic N) is 4. The van der Waals surface area contributed by atoms with E-state index in [9.17, 15) is 13.2 Å². The molecule has 0 saturated heterocycles. The molecular formula is C23H36N4O3S2. The molecule has 1 aliphatic rings. The number of aryl methyl sites for hydroxylation is 1. The Morgan fingerprint density at radius 1 is 1.09 bits per heavy atom. The summed E-state index contributed by atoms with van der Waals surface area (Å²) in [5.41, 5.74) is 1.54. The van der Waals surface area contributed by atoms with Gasteiger partial charge in [0.05, 0.1) is 21.7 Å². The fourth-order valence-corrected chi connectivity index (χ4v) is 7.06. The lowest BCUT2D eigenvalue weighted by Gasteiger charge is -2.33. The second-order valence-electron chi connectivity index (χ2n) is 8.14. The van der Waals surface area contributed by atoms with E-state index >= 15 is 0 Å². The number of carbonyl (C=O) groups excluding carboxylic acids is 1. The Balaban J connectivity index is 1.81. The Hall–Kier alpha value is -1.58. The van der Waals surface area contributed by atoms with Crippen molar-refractivity contribution in [2.24, 2.45) is 0 Å². The van der Waals surface area contributed by atoms with Gasteiger partial charge in [-0.05, 0) is 44.9 Å². The fraction of sp³-hybridized carbons (Fsp3) is 0.652. The summed E-state index contributed by atoms with van der Waals surface area (Å²) in [4.78, 5) is 20.0. The largest absolute Gasteiger partial charge is 0.339 e. The third-order valence-electron chi connectivity index (χ3n) is 6.35. The predicted molar refractivity (Wildman–Crippen MR) is 130 cm³/mol. The number of sulfonamides is 1. The number of thioether (sulfide) groups is 1. The van der Waals surface area contributed by atoms with Crippen LogP contribution in [0.5, 0.6) is 0 Å². The van der Waals surface area contributed by atoms with E-state index in [-0.39, 0.29) is 10.8 Å². The van der Waals surface area contributed by atoms with Gasteiger partial charge in [-0.25, -0.2) is 13.4 Å². The number of rotatable bonds is 10. The highest BCUT2D eigenvalue weighted by molar-refractivity contribution is 7.99. The lowest BCUT2D eigenvalue weighted by Crippen LogP contribution is -2.42. The standard InChI is InChI=1S/C23H36N4O3S2/c1-5-25(6-2)32(29,30)19-14-15-21-20(16-19)24-23(27(21)8-4)31-17-22(28)26(7-3)18-12-10-9-11-13-18/h14-16,18H,5-13,17H2,1-4H3. The highest BCUT2D eigenvalue weighted by atomic mass is 32.2. The van der Waals surface area contributed by atoms with E-state index in [0.717, 1.165) is 30.1 Å². The molecule has 0 bridgehead atoms. The molecule has 7 nitrogen and oxygen atoms in total. The molecule has 178 valence electrons. The minimum atomic E-state index is -3.54. The van der Waals surface area contributed by atoms with Crippen molar-refractivity contribution in [2.45, 2.75) is 82.4 Å². The molecule has 1 aliphatic carbocycles. The van der Waals surface area contributed by atoms with Crippen molar-refractivity contribution in [1.82, 2.24) is 18.8 Å². The lowest BCUT2D eigenvalue weighted by atomic mass is 9.94. The lowest BCUT2D eigenvalue weighted by molar-refractivity contribution is -0.131. The van der Waals surface area contributed by atoms with Crippen LogP contribution in [0.2, 0.25) is 0 Å². The minimum Gasteiger partial charge on any atom is -0.339 e. The SMILES string of the molecule is CCN(C(=O)CSc1nc2cc(S(=O)(=O)N(CC)CC)ccc2n1CC)C1CCCCC1. The Morgan fingerprint density at radius 3 is 2.38 bits per heavy atom. The Morgan fingerprint density at radius 2 is 1.78 bits per heavy atom. The van der Waals surface area contributed by atoms with Crippen LogP contribution in [0.25, 0.3) is 11.0 Å². The van der Waals surface area contributed by atoms with Gasteiger partial charge < -0.3 is 9.47 Å². The van der Waals surface area contributed by atoms with Crippen LogP contribution in [0.15, 0.2) is 28.3 Å².